The van der Waals surface area contributed by atoms with E-state index in [0.29, 0.717) is 24.2 Å². The summed E-state index contributed by atoms with van der Waals surface area (Å²) in [5, 5.41) is 7.07. The van der Waals surface area contributed by atoms with Crippen LogP contribution in [0.15, 0.2) is 4.99 Å². The Bertz CT molecular complexity index is 446. The summed E-state index contributed by atoms with van der Waals surface area (Å²) >= 11 is 0. The Hall–Kier alpha value is -0.810. The molecule has 5 heteroatoms. The molecule has 3 atom stereocenters. The SMILES string of the molecule is CCNC(=NCCCOC1CCCCC1)NC1C2CCOC2C1(C)C. The highest BCUT2D eigenvalue weighted by Crippen LogP contribution is 2.52. The number of nitrogens with zero attached hydrogens (tertiary/aromatic N) is 1. The average Bonchev–Trinajstić information content (AvgIpc) is 3.07. The van der Waals surface area contributed by atoms with E-state index in [2.05, 4.69) is 31.4 Å². The van der Waals surface area contributed by atoms with E-state index in [1.165, 1.54) is 38.5 Å². The highest BCUT2D eigenvalue weighted by molar-refractivity contribution is 5.80. The van der Waals surface area contributed by atoms with Crippen molar-refractivity contribution in [2.24, 2.45) is 16.3 Å². The largest absolute Gasteiger partial charge is 0.378 e. The summed E-state index contributed by atoms with van der Waals surface area (Å²) in [6.45, 7) is 10.2. The van der Waals surface area contributed by atoms with Gasteiger partial charge in [0.2, 0.25) is 0 Å². The van der Waals surface area contributed by atoms with Crippen molar-refractivity contribution in [3.8, 4) is 0 Å². The molecule has 2 N–H and O–H groups in total. The van der Waals surface area contributed by atoms with Crippen LogP contribution in [0.3, 0.4) is 0 Å². The third-order valence-corrected chi connectivity index (χ3v) is 6.22. The van der Waals surface area contributed by atoms with Crippen molar-refractivity contribution >= 4 is 5.96 Å². The number of aliphatic imine (C=N–C) groups is 1. The molecule has 1 heterocycles. The van der Waals surface area contributed by atoms with Gasteiger partial charge in [-0.25, -0.2) is 0 Å². The number of rotatable bonds is 7. The van der Waals surface area contributed by atoms with Crippen LogP contribution in [-0.4, -0.2) is 50.5 Å². The van der Waals surface area contributed by atoms with Crippen molar-refractivity contribution in [2.45, 2.75) is 84.0 Å². The van der Waals surface area contributed by atoms with Gasteiger partial charge in [-0.3, -0.25) is 4.99 Å². The fraction of sp³-hybridized carbons (Fsp3) is 0.950. The molecule has 0 radical (unpaired) electrons. The summed E-state index contributed by atoms with van der Waals surface area (Å²) in [7, 11) is 0. The van der Waals surface area contributed by atoms with E-state index >= 15 is 0 Å². The molecule has 0 amide bonds. The Morgan fingerprint density at radius 2 is 2.00 bits per heavy atom. The molecular weight excluding hydrogens is 314 g/mol. The van der Waals surface area contributed by atoms with E-state index in [9.17, 15) is 0 Å². The molecule has 3 rings (SSSR count). The number of fused-ring (bicyclic) bond motifs is 1. The van der Waals surface area contributed by atoms with Gasteiger partial charge in [-0.2, -0.15) is 0 Å². The molecule has 3 aliphatic rings. The van der Waals surface area contributed by atoms with Crippen LogP contribution in [0.1, 0.15) is 65.7 Å². The normalized spacial score (nSPS) is 32.1. The van der Waals surface area contributed by atoms with E-state index in [-0.39, 0.29) is 5.41 Å². The van der Waals surface area contributed by atoms with Crippen LogP contribution < -0.4 is 10.6 Å². The van der Waals surface area contributed by atoms with E-state index < -0.39 is 0 Å². The Labute approximate surface area is 153 Å². The van der Waals surface area contributed by atoms with Crippen LogP contribution >= 0.6 is 0 Å². The zero-order valence-electron chi connectivity index (χ0n) is 16.4. The fourth-order valence-corrected chi connectivity index (χ4v) is 4.82. The van der Waals surface area contributed by atoms with Gasteiger partial charge in [-0.15, -0.1) is 0 Å². The van der Waals surface area contributed by atoms with Gasteiger partial charge in [0.25, 0.3) is 0 Å². The van der Waals surface area contributed by atoms with Crippen LogP contribution in [0.25, 0.3) is 0 Å². The molecule has 0 aromatic carbocycles. The summed E-state index contributed by atoms with van der Waals surface area (Å²) in [5.74, 6) is 1.58. The fourth-order valence-electron chi connectivity index (χ4n) is 4.82. The van der Waals surface area contributed by atoms with Gasteiger partial charge in [-0.05, 0) is 32.6 Å². The standard InChI is InChI=1S/C20H37N3O2/c1-4-21-19(22-12-8-13-24-15-9-6-5-7-10-15)23-17-16-11-14-25-18(16)20(17,2)3/h15-18H,4-14H2,1-3H3,(H2,21,22,23). The minimum absolute atomic E-state index is 0.182. The lowest BCUT2D eigenvalue weighted by Crippen LogP contribution is -2.67. The summed E-state index contributed by atoms with van der Waals surface area (Å²) in [6, 6.07) is 0.455. The average molecular weight is 352 g/mol. The third kappa shape index (κ3) is 4.48. The van der Waals surface area contributed by atoms with Gasteiger partial charge in [0.1, 0.15) is 0 Å². The Morgan fingerprint density at radius 1 is 1.20 bits per heavy atom. The third-order valence-electron chi connectivity index (χ3n) is 6.22. The summed E-state index contributed by atoms with van der Waals surface area (Å²) in [6.07, 6.45) is 9.61. The number of nitrogens with one attached hydrogen (secondary N) is 2. The first-order valence-corrected chi connectivity index (χ1v) is 10.4. The maximum absolute atomic E-state index is 6.00. The van der Waals surface area contributed by atoms with Crippen LogP contribution in [0.4, 0.5) is 0 Å². The van der Waals surface area contributed by atoms with E-state index in [4.69, 9.17) is 14.5 Å². The minimum atomic E-state index is 0.182. The minimum Gasteiger partial charge on any atom is -0.378 e. The number of hydrogen-bond acceptors (Lipinski definition) is 3. The van der Waals surface area contributed by atoms with Crippen molar-refractivity contribution in [1.82, 2.24) is 10.6 Å². The molecule has 2 aliphatic carbocycles. The molecule has 0 aromatic heterocycles. The first kappa shape index (κ1) is 19.0. The van der Waals surface area contributed by atoms with Crippen molar-refractivity contribution in [3.05, 3.63) is 0 Å². The van der Waals surface area contributed by atoms with Gasteiger partial charge in [0, 0.05) is 43.7 Å². The summed E-state index contributed by atoms with van der Waals surface area (Å²) < 4.78 is 11.9. The molecule has 1 aliphatic heterocycles. The molecule has 0 spiro atoms. The number of ether oxygens (including phenoxy) is 2. The van der Waals surface area contributed by atoms with E-state index in [1.807, 2.05) is 0 Å². The predicted octanol–water partition coefficient (Wildman–Crippen LogP) is 3.09. The molecule has 2 saturated carbocycles. The van der Waals surface area contributed by atoms with Crippen molar-refractivity contribution < 1.29 is 9.47 Å². The zero-order valence-corrected chi connectivity index (χ0v) is 16.4. The number of guanidine groups is 1. The Kier molecular flexibility index (Phi) is 6.61. The van der Waals surface area contributed by atoms with Crippen molar-refractivity contribution in [1.29, 1.82) is 0 Å². The van der Waals surface area contributed by atoms with Gasteiger partial charge < -0.3 is 20.1 Å². The topological polar surface area (TPSA) is 54.9 Å². The maximum Gasteiger partial charge on any atom is 0.191 e. The molecule has 144 valence electrons. The van der Waals surface area contributed by atoms with Crippen LogP contribution in [0.2, 0.25) is 0 Å². The highest BCUT2D eigenvalue weighted by Gasteiger charge is 2.59. The molecule has 5 nitrogen and oxygen atoms in total. The molecule has 3 fully saturated rings. The zero-order chi connectivity index (χ0) is 17.7. The lowest BCUT2D eigenvalue weighted by atomic mass is 9.57. The Morgan fingerprint density at radius 3 is 2.76 bits per heavy atom. The summed E-state index contributed by atoms with van der Waals surface area (Å²) in [5.41, 5.74) is 0.182. The lowest BCUT2D eigenvalue weighted by Gasteiger charge is -2.54. The molecule has 0 bridgehead atoms. The van der Waals surface area contributed by atoms with Gasteiger partial charge in [0.15, 0.2) is 5.96 Å². The first-order valence-electron chi connectivity index (χ1n) is 10.4. The molecule has 3 unspecified atom stereocenters. The second-order valence-electron chi connectivity index (χ2n) is 8.43. The Balaban J connectivity index is 1.41. The summed E-state index contributed by atoms with van der Waals surface area (Å²) in [4.78, 5) is 4.77. The van der Waals surface area contributed by atoms with Gasteiger partial charge in [0.05, 0.1) is 12.2 Å². The quantitative estimate of drug-likeness (QED) is 0.420. The van der Waals surface area contributed by atoms with Crippen LogP contribution in [-0.2, 0) is 9.47 Å². The van der Waals surface area contributed by atoms with Crippen molar-refractivity contribution in [3.63, 3.8) is 0 Å². The lowest BCUT2D eigenvalue weighted by molar-refractivity contribution is -0.106. The molecular formula is C20H37N3O2. The molecule has 25 heavy (non-hydrogen) atoms. The first-order chi connectivity index (χ1) is 12.1. The molecule has 1 saturated heterocycles. The molecule has 0 aromatic rings. The van der Waals surface area contributed by atoms with Crippen molar-refractivity contribution in [2.75, 3.05) is 26.3 Å². The van der Waals surface area contributed by atoms with Crippen LogP contribution in [0.5, 0.6) is 0 Å². The van der Waals surface area contributed by atoms with E-state index in [0.717, 1.165) is 38.7 Å². The van der Waals surface area contributed by atoms with Crippen LogP contribution in [0, 0.1) is 11.3 Å². The number of hydrogen-bond donors (Lipinski definition) is 2. The second-order valence-corrected chi connectivity index (χ2v) is 8.43. The predicted molar refractivity (Wildman–Crippen MR) is 102 cm³/mol. The van der Waals surface area contributed by atoms with Gasteiger partial charge >= 0.3 is 0 Å². The van der Waals surface area contributed by atoms with E-state index in [1.54, 1.807) is 0 Å². The second kappa shape index (κ2) is 8.72. The maximum atomic E-state index is 6.00. The van der Waals surface area contributed by atoms with Gasteiger partial charge in [-0.1, -0.05) is 33.1 Å². The monoisotopic (exact) mass is 351 g/mol. The highest BCUT2D eigenvalue weighted by atomic mass is 16.5. The smallest absolute Gasteiger partial charge is 0.191 e.